The molecule has 0 fully saturated rings. The standard InChI is InChI=1S/C21H22N4S.C4H4O4/c1-24(2)13-7-14-25-18-10-4-3-8-16(18)20(19-11-6-15-26-19)23-17-9-5-12-22-21(17)25;5-3(6)1-2-4(7)8/h3-6,8-12,15H,7,13-14H2,1-2H3;1-2H,(H,5,6)(H,7,8)/b;2-1+. The van der Waals surface area contributed by atoms with Gasteiger partial charge in [0.05, 0.1) is 16.3 Å². The van der Waals surface area contributed by atoms with Crippen LogP contribution in [0.5, 0.6) is 0 Å². The first kappa shape index (κ1) is 24.8. The maximum absolute atomic E-state index is 9.55. The van der Waals surface area contributed by atoms with Gasteiger partial charge in [0, 0.05) is 30.5 Å². The molecule has 0 saturated heterocycles. The first-order valence-corrected chi connectivity index (χ1v) is 11.5. The summed E-state index contributed by atoms with van der Waals surface area (Å²) in [5, 5.41) is 17.7. The molecule has 4 rings (SSSR count). The second-order valence-corrected chi connectivity index (χ2v) is 8.57. The normalized spacial score (nSPS) is 12.3. The number of aromatic nitrogens is 1. The van der Waals surface area contributed by atoms with Crippen LogP contribution in [0.4, 0.5) is 17.2 Å². The van der Waals surface area contributed by atoms with Crippen molar-refractivity contribution in [2.24, 2.45) is 4.99 Å². The Hall–Kier alpha value is -3.82. The molecule has 0 aliphatic carbocycles. The van der Waals surface area contributed by atoms with Crippen molar-refractivity contribution in [3.05, 3.63) is 82.7 Å². The quantitative estimate of drug-likeness (QED) is 0.484. The molecule has 0 radical (unpaired) electrons. The van der Waals surface area contributed by atoms with E-state index >= 15 is 0 Å². The smallest absolute Gasteiger partial charge is 0.328 e. The van der Waals surface area contributed by atoms with E-state index < -0.39 is 11.9 Å². The van der Waals surface area contributed by atoms with Crippen LogP contribution in [0.15, 0.2) is 77.3 Å². The highest BCUT2D eigenvalue weighted by Crippen LogP contribution is 2.39. The van der Waals surface area contributed by atoms with E-state index in [4.69, 9.17) is 15.2 Å². The summed E-state index contributed by atoms with van der Waals surface area (Å²) in [7, 11) is 4.22. The summed E-state index contributed by atoms with van der Waals surface area (Å²) in [5.41, 5.74) is 4.30. The van der Waals surface area contributed by atoms with Gasteiger partial charge < -0.3 is 20.0 Å². The molecule has 34 heavy (non-hydrogen) atoms. The number of carboxylic acid groups (broad SMARTS) is 2. The average Bonchev–Trinajstić information content (AvgIpc) is 3.30. The first-order chi connectivity index (χ1) is 16.4. The van der Waals surface area contributed by atoms with E-state index in [9.17, 15) is 9.59 Å². The lowest BCUT2D eigenvalue weighted by atomic mass is 10.1. The lowest BCUT2D eigenvalue weighted by Crippen LogP contribution is -2.24. The number of nitrogens with zero attached hydrogens (tertiary/aromatic N) is 4. The molecule has 9 heteroatoms. The van der Waals surface area contributed by atoms with Crippen molar-refractivity contribution in [2.45, 2.75) is 6.42 Å². The molecule has 8 nitrogen and oxygen atoms in total. The number of aliphatic carboxylic acids is 2. The fourth-order valence-corrected chi connectivity index (χ4v) is 4.13. The number of hydrogen-bond acceptors (Lipinski definition) is 7. The van der Waals surface area contributed by atoms with Gasteiger partial charge in [-0.05, 0) is 56.7 Å². The van der Waals surface area contributed by atoms with Crippen LogP contribution >= 0.6 is 11.3 Å². The van der Waals surface area contributed by atoms with E-state index in [1.807, 2.05) is 12.3 Å². The number of rotatable bonds is 7. The number of carbonyl (C=O) groups is 2. The number of anilines is 2. The third-order valence-electron chi connectivity index (χ3n) is 4.81. The van der Waals surface area contributed by atoms with Gasteiger partial charge in [-0.25, -0.2) is 19.6 Å². The maximum atomic E-state index is 9.55. The molecular formula is C25H26N4O4S. The van der Waals surface area contributed by atoms with Crippen LogP contribution in [0, 0.1) is 0 Å². The van der Waals surface area contributed by atoms with Crippen molar-refractivity contribution >= 4 is 46.2 Å². The number of benzene rings is 1. The van der Waals surface area contributed by atoms with Crippen LogP contribution in [0.1, 0.15) is 16.9 Å². The number of pyridine rings is 1. The highest BCUT2D eigenvalue weighted by atomic mass is 32.1. The molecule has 2 aromatic heterocycles. The lowest BCUT2D eigenvalue weighted by molar-refractivity contribution is -0.134. The van der Waals surface area contributed by atoms with E-state index in [0.29, 0.717) is 12.2 Å². The van der Waals surface area contributed by atoms with Gasteiger partial charge in [-0.1, -0.05) is 24.3 Å². The van der Waals surface area contributed by atoms with Crippen LogP contribution in [-0.4, -0.2) is 64.9 Å². The predicted octanol–water partition coefficient (Wildman–Crippen LogP) is 4.43. The fourth-order valence-electron chi connectivity index (χ4n) is 3.40. The number of hydrogen-bond donors (Lipinski definition) is 2. The summed E-state index contributed by atoms with van der Waals surface area (Å²) in [4.78, 5) is 34.5. The zero-order valence-electron chi connectivity index (χ0n) is 19.0. The third-order valence-corrected chi connectivity index (χ3v) is 5.69. The Labute approximate surface area is 202 Å². The number of aliphatic imine (C=N–C) groups is 1. The average molecular weight is 479 g/mol. The SMILES string of the molecule is CN(C)CCCN1c2ccccc2C(c2cccs2)=Nc2cccnc21.O=C(O)/C=C/C(=O)O. The summed E-state index contributed by atoms with van der Waals surface area (Å²) in [6.07, 6.45) is 4.03. The molecule has 1 aliphatic rings. The van der Waals surface area contributed by atoms with E-state index in [-0.39, 0.29) is 0 Å². The summed E-state index contributed by atoms with van der Waals surface area (Å²) in [6.45, 7) is 1.95. The number of carboxylic acids is 2. The molecule has 0 atom stereocenters. The van der Waals surface area contributed by atoms with Gasteiger partial charge in [0.1, 0.15) is 5.69 Å². The zero-order chi connectivity index (χ0) is 24.5. The molecule has 176 valence electrons. The second kappa shape index (κ2) is 11.9. The maximum Gasteiger partial charge on any atom is 0.328 e. The van der Waals surface area contributed by atoms with Crippen LogP contribution in [0.25, 0.3) is 0 Å². The molecule has 3 aromatic rings. The van der Waals surface area contributed by atoms with Crippen LogP contribution in [0.2, 0.25) is 0 Å². The molecule has 2 N–H and O–H groups in total. The van der Waals surface area contributed by atoms with E-state index in [1.165, 1.54) is 10.6 Å². The molecule has 0 amide bonds. The third kappa shape index (κ3) is 6.60. The number of fused-ring (bicyclic) bond motifs is 2. The van der Waals surface area contributed by atoms with E-state index in [1.54, 1.807) is 11.3 Å². The Morgan fingerprint density at radius 3 is 2.41 bits per heavy atom. The van der Waals surface area contributed by atoms with Gasteiger partial charge in [-0.15, -0.1) is 11.3 Å². The van der Waals surface area contributed by atoms with Gasteiger partial charge in [-0.2, -0.15) is 0 Å². The predicted molar refractivity (Wildman–Crippen MR) is 135 cm³/mol. The number of para-hydroxylation sites is 1. The largest absolute Gasteiger partial charge is 0.478 e. The van der Waals surface area contributed by atoms with Crippen LogP contribution < -0.4 is 4.90 Å². The first-order valence-electron chi connectivity index (χ1n) is 10.6. The Balaban J connectivity index is 0.000000350. The Kier molecular flexibility index (Phi) is 8.66. The monoisotopic (exact) mass is 478 g/mol. The molecule has 3 heterocycles. The van der Waals surface area contributed by atoms with Gasteiger partial charge in [0.15, 0.2) is 5.82 Å². The fraction of sp³-hybridized carbons (Fsp3) is 0.200. The van der Waals surface area contributed by atoms with E-state index in [2.05, 4.69) is 76.7 Å². The highest BCUT2D eigenvalue weighted by molar-refractivity contribution is 7.12. The molecule has 1 aliphatic heterocycles. The summed E-state index contributed by atoms with van der Waals surface area (Å²) in [6, 6.07) is 16.8. The molecule has 0 bridgehead atoms. The molecule has 0 saturated carbocycles. The van der Waals surface area contributed by atoms with E-state index in [0.717, 1.165) is 42.3 Å². The van der Waals surface area contributed by atoms with Crippen molar-refractivity contribution in [2.75, 3.05) is 32.1 Å². The van der Waals surface area contributed by atoms with Crippen molar-refractivity contribution < 1.29 is 19.8 Å². The Bertz CT molecular complexity index is 1170. The van der Waals surface area contributed by atoms with Crippen molar-refractivity contribution in [3.63, 3.8) is 0 Å². The molecule has 0 spiro atoms. The zero-order valence-corrected chi connectivity index (χ0v) is 19.8. The topological polar surface area (TPSA) is 106 Å². The van der Waals surface area contributed by atoms with Gasteiger partial charge >= 0.3 is 11.9 Å². The molecular weight excluding hydrogens is 452 g/mol. The molecule has 1 aromatic carbocycles. The minimum absolute atomic E-state index is 0.558. The van der Waals surface area contributed by atoms with Crippen molar-refractivity contribution in [1.82, 2.24) is 9.88 Å². The van der Waals surface area contributed by atoms with Gasteiger partial charge in [0.2, 0.25) is 0 Å². The minimum Gasteiger partial charge on any atom is -0.478 e. The highest BCUT2D eigenvalue weighted by Gasteiger charge is 2.24. The second-order valence-electron chi connectivity index (χ2n) is 7.62. The lowest BCUT2D eigenvalue weighted by Gasteiger charge is -2.26. The number of thiophene rings is 1. The summed E-state index contributed by atoms with van der Waals surface area (Å²) < 4.78 is 0. The van der Waals surface area contributed by atoms with Gasteiger partial charge in [-0.3, -0.25) is 0 Å². The van der Waals surface area contributed by atoms with Crippen LogP contribution in [0.3, 0.4) is 0 Å². The summed E-state index contributed by atoms with van der Waals surface area (Å²) in [5.74, 6) is -1.58. The summed E-state index contributed by atoms with van der Waals surface area (Å²) >= 11 is 1.72. The van der Waals surface area contributed by atoms with Crippen LogP contribution in [-0.2, 0) is 9.59 Å². The Morgan fingerprint density at radius 2 is 1.76 bits per heavy atom. The minimum atomic E-state index is -1.26. The molecule has 0 unspecified atom stereocenters. The Morgan fingerprint density at radius 1 is 1.03 bits per heavy atom. The van der Waals surface area contributed by atoms with Gasteiger partial charge in [0.25, 0.3) is 0 Å². The van der Waals surface area contributed by atoms with Crippen molar-refractivity contribution in [3.8, 4) is 0 Å². The van der Waals surface area contributed by atoms with Crippen molar-refractivity contribution in [1.29, 1.82) is 0 Å².